The SMILES string of the molecule is C[C@@H](SCc1cccc(Cl)c1)C(=O)N1CCC[C@@H](C(N)=O)C1. The molecular weight excluding hydrogens is 320 g/mol. The second-order valence-electron chi connectivity index (χ2n) is 5.61. The minimum absolute atomic E-state index is 0.0815. The summed E-state index contributed by atoms with van der Waals surface area (Å²) in [6, 6.07) is 7.66. The smallest absolute Gasteiger partial charge is 0.235 e. The lowest BCUT2D eigenvalue weighted by atomic mass is 9.97. The Hall–Kier alpha value is -1.20. The van der Waals surface area contributed by atoms with Crippen LogP contribution in [0, 0.1) is 5.92 Å². The number of hydrogen-bond donors (Lipinski definition) is 1. The maximum absolute atomic E-state index is 12.5. The van der Waals surface area contributed by atoms with Crippen LogP contribution in [0.3, 0.4) is 0 Å². The van der Waals surface area contributed by atoms with E-state index in [-0.39, 0.29) is 23.0 Å². The first-order valence-electron chi connectivity index (χ1n) is 7.41. The molecule has 0 bridgehead atoms. The van der Waals surface area contributed by atoms with Crippen LogP contribution >= 0.6 is 23.4 Å². The van der Waals surface area contributed by atoms with E-state index in [9.17, 15) is 9.59 Å². The monoisotopic (exact) mass is 340 g/mol. The molecule has 2 N–H and O–H groups in total. The van der Waals surface area contributed by atoms with Crippen molar-refractivity contribution in [2.75, 3.05) is 13.1 Å². The molecule has 2 amide bonds. The zero-order valence-electron chi connectivity index (χ0n) is 12.6. The number of benzene rings is 1. The molecule has 1 aliphatic rings. The minimum atomic E-state index is -0.309. The quantitative estimate of drug-likeness (QED) is 0.896. The maximum atomic E-state index is 12.5. The lowest BCUT2D eigenvalue weighted by molar-refractivity contribution is -0.134. The Bertz CT molecular complexity index is 553. The summed E-state index contributed by atoms with van der Waals surface area (Å²) in [6.07, 6.45) is 1.62. The summed E-state index contributed by atoms with van der Waals surface area (Å²) >= 11 is 7.55. The number of thioether (sulfide) groups is 1. The van der Waals surface area contributed by atoms with Gasteiger partial charge in [0.15, 0.2) is 0 Å². The molecule has 1 saturated heterocycles. The highest BCUT2D eigenvalue weighted by atomic mass is 35.5. The molecule has 4 nitrogen and oxygen atoms in total. The van der Waals surface area contributed by atoms with Crippen molar-refractivity contribution >= 4 is 35.2 Å². The van der Waals surface area contributed by atoms with Gasteiger partial charge in [0.05, 0.1) is 11.2 Å². The van der Waals surface area contributed by atoms with Crippen LogP contribution in [0.4, 0.5) is 0 Å². The predicted molar refractivity (Wildman–Crippen MR) is 90.7 cm³/mol. The first-order chi connectivity index (χ1) is 10.5. The molecule has 0 radical (unpaired) electrons. The second-order valence-corrected chi connectivity index (χ2v) is 7.37. The molecule has 6 heteroatoms. The van der Waals surface area contributed by atoms with Crippen LogP contribution in [0.25, 0.3) is 0 Å². The van der Waals surface area contributed by atoms with Gasteiger partial charge in [-0.1, -0.05) is 23.7 Å². The van der Waals surface area contributed by atoms with E-state index >= 15 is 0 Å². The second kappa shape index (κ2) is 7.88. The molecule has 120 valence electrons. The third kappa shape index (κ3) is 4.65. The number of carbonyl (C=O) groups is 2. The van der Waals surface area contributed by atoms with Crippen LogP contribution in [0.5, 0.6) is 0 Å². The number of carbonyl (C=O) groups excluding carboxylic acids is 2. The van der Waals surface area contributed by atoms with Gasteiger partial charge in [0, 0.05) is 23.9 Å². The Morgan fingerprint density at radius 2 is 2.27 bits per heavy atom. The molecule has 1 heterocycles. The highest BCUT2D eigenvalue weighted by molar-refractivity contribution is 7.99. The van der Waals surface area contributed by atoms with Gasteiger partial charge >= 0.3 is 0 Å². The van der Waals surface area contributed by atoms with Crippen LogP contribution in [-0.4, -0.2) is 35.1 Å². The standard InChI is InChI=1S/C16H21ClN2O2S/c1-11(22-10-12-4-2-6-14(17)8-12)16(21)19-7-3-5-13(9-19)15(18)20/h2,4,6,8,11,13H,3,5,7,9-10H2,1H3,(H2,18,20)/t11-,13-/m1/s1. The lowest BCUT2D eigenvalue weighted by Gasteiger charge is -2.32. The maximum Gasteiger partial charge on any atom is 0.235 e. The highest BCUT2D eigenvalue weighted by Crippen LogP contribution is 2.24. The van der Waals surface area contributed by atoms with Crippen molar-refractivity contribution in [3.05, 3.63) is 34.9 Å². The molecule has 2 atom stereocenters. The molecule has 2 rings (SSSR count). The van der Waals surface area contributed by atoms with E-state index < -0.39 is 0 Å². The van der Waals surface area contributed by atoms with Crippen LogP contribution in [-0.2, 0) is 15.3 Å². The highest BCUT2D eigenvalue weighted by Gasteiger charge is 2.29. The summed E-state index contributed by atoms with van der Waals surface area (Å²) in [7, 11) is 0. The van der Waals surface area contributed by atoms with Gasteiger partial charge in [-0.2, -0.15) is 0 Å². The number of nitrogens with two attached hydrogens (primary N) is 1. The van der Waals surface area contributed by atoms with Gasteiger partial charge < -0.3 is 10.6 Å². The van der Waals surface area contributed by atoms with E-state index in [1.54, 1.807) is 16.7 Å². The zero-order valence-corrected chi connectivity index (χ0v) is 14.2. The van der Waals surface area contributed by atoms with Gasteiger partial charge in [-0.05, 0) is 37.5 Å². The van der Waals surface area contributed by atoms with Crippen LogP contribution in [0.15, 0.2) is 24.3 Å². The third-order valence-corrected chi connectivity index (χ3v) is 5.31. The first-order valence-corrected chi connectivity index (χ1v) is 8.84. The molecule has 1 fully saturated rings. The largest absolute Gasteiger partial charge is 0.369 e. The summed E-state index contributed by atoms with van der Waals surface area (Å²) in [6.45, 7) is 3.08. The van der Waals surface area contributed by atoms with E-state index in [1.165, 1.54) is 0 Å². The molecule has 1 aliphatic heterocycles. The van der Waals surface area contributed by atoms with Gasteiger partial charge in [0.1, 0.15) is 0 Å². The Morgan fingerprint density at radius 3 is 2.95 bits per heavy atom. The first kappa shape index (κ1) is 17.2. The van der Waals surface area contributed by atoms with Gasteiger partial charge in [-0.3, -0.25) is 9.59 Å². The van der Waals surface area contributed by atoms with Gasteiger partial charge in [-0.15, -0.1) is 11.8 Å². The molecule has 1 aromatic rings. The minimum Gasteiger partial charge on any atom is -0.369 e. The molecule has 22 heavy (non-hydrogen) atoms. The molecule has 0 aromatic heterocycles. The molecule has 0 saturated carbocycles. The number of halogens is 1. The number of nitrogens with zero attached hydrogens (tertiary/aromatic N) is 1. The summed E-state index contributed by atoms with van der Waals surface area (Å²) in [5, 5.41) is 0.558. The van der Waals surface area contributed by atoms with Crippen LogP contribution in [0.1, 0.15) is 25.3 Å². The van der Waals surface area contributed by atoms with Gasteiger partial charge in [0.2, 0.25) is 11.8 Å². The van der Waals surface area contributed by atoms with Gasteiger partial charge in [0.25, 0.3) is 0 Å². The van der Waals surface area contributed by atoms with Crippen molar-refractivity contribution in [2.45, 2.75) is 30.8 Å². The molecule has 0 unspecified atom stereocenters. The number of likely N-dealkylation sites (tertiary alicyclic amines) is 1. The summed E-state index contributed by atoms with van der Waals surface area (Å²) in [5.41, 5.74) is 6.46. The molecule has 0 spiro atoms. The fourth-order valence-electron chi connectivity index (χ4n) is 2.59. The van der Waals surface area contributed by atoms with Crippen molar-refractivity contribution in [1.82, 2.24) is 4.90 Å². The topological polar surface area (TPSA) is 63.4 Å². The molecule has 1 aromatic carbocycles. The Morgan fingerprint density at radius 1 is 1.50 bits per heavy atom. The average Bonchev–Trinajstić information content (AvgIpc) is 2.52. The van der Waals surface area contributed by atoms with E-state index in [0.717, 1.165) is 24.2 Å². The predicted octanol–water partition coefficient (Wildman–Crippen LogP) is 2.69. The van der Waals surface area contributed by atoms with E-state index in [1.807, 2.05) is 31.2 Å². The molecular formula is C16H21ClN2O2S. The van der Waals surface area contributed by atoms with Crippen molar-refractivity contribution in [2.24, 2.45) is 11.7 Å². The Balaban J connectivity index is 1.87. The Labute approximate surface area is 140 Å². The molecule has 0 aliphatic carbocycles. The van der Waals surface area contributed by atoms with E-state index in [4.69, 9.17) is 17.3 Å². The van der Waals surface area contributed by atoms with Crippen molar-refractivity contribution in [3.8, 4) is 0 Å². The third-order valence-electron chi connectivity index (χ3n) is 3.87. The van der Waals surface area contributed by atoms with Crippen molar-refractivity contribution in [3.63, 3.8) is 0 Å². The average molecular weight is 341 g/mol. The zero-order chi connectivity index (χ0) is 16.1. The summed E-state index contributed by atoms with van der Waals surface area (Å²) < 4.78 is 0. The van der Waals surface area contributed by atoms with Crippen LogP contribution < -0.4 is 5.73 Å². The van der Waals surface area contributed by atoms with E-state index in [0.29, 0.717) is 18.1 Å². The Kier molecular flexibility index (Phi) is 6.15. The van der Waals surface area contributed by atoms with Crippen LogP contribution in [0.2, 0.25) is 5.02 Å². The normalized spacial score (nSPS) is 19.7. The summed E-state index contributed by atoms with van der Waals surface area (Å²) in [4.78, 5) is 25.6. The number of piperidine rings is 1. The van der Waals surface area contributed by atoms with E-state index in [2.05, 4.69) is 0 Å². The fraction of sp³-hybridized carbons (Fsp3) is 0.500. The fourth-order valence-corrected chi connectivity index (χ4v) is 3.71. The summed E-state index contributed by atoms with van der Waals surface area (Å²) in [5.74, 6) is 0.304. The number of hydrogen-bond acceptors (Lipinski definition) is 3. The lowest BCUT2D eigenvalue weighted by Crippen LogP contribution is -2.46. The number of primary amides is 1. The van der Waals surface area contributed by atoms with Gasteiger partial charge in [-0.25, -0.2) is 0 Å². The number of rotatable bonds is 5. The van der Waals surface area contributed by atoms with Crippen molar-refractivity contribution < 1.29 is 9.59 Å². The van der Waals surface area contributed by atoms with Crippen molar-refractivity contribution in [1.29, 1.82) is 0 Å². The number of amides is 2.